The average Bonchev–Trinajstić information content (AvgIpc) is 2.54. The molecule has 2 aromatic rings. The Labute approximate surface area is 152 Å². The van der Waals surface area contributed by atoms with Gasteiger partial charge in [0.25, 0.3) is 5.91 Å². The molecule has 0 fully saturated rings. The molecule has 2 N–H and O–H groups in total. The number of benzene rings is 2. The third-order valence-electron chi connectivity index (χ3n) is 3.45. The van der Waals surface area contributed by atoms with Crippen LogP contribution < -0.4 is 14.9 Å². The predicted octanol–water partition coefficient (Wildman–Crippen LogP) is 2.58. The molecule has 0 atom stereocenters. The lowest BCUT2D eigenvalue weighted by Gasteiger charge is -2.19. The van der Waals surface area contributed by atoms with Crippen LogP contribution in [0.3, 0.4) is 0 Å². The SMILES string of the molecule is CN(CCNC(=O)c1ccc(NS(C)(=O)=O)cc1Cl)c1ccccc1. The van der Waals surface area contributed by atoms with E-state index in [1.165, 1.54) is 18.2 Å². The highest BCUT2D eigenvalue weighted by atomic mass is 35.5. The van der Waals surface area contributed by atoms with E-state index in [1.54, 1.807) is 0 Å². The van der Waals surface area contributed by atoms with Gasteiger partial charge >= 0.3 is 0 Å². The number of sulfonamides is 1. The summed E-state index contributed by atoms with van der Waals surface area (Å²) in [6, 6.07) is 14.2. The fourth-order valence-electron chi connectivity index (χ4n) is 2.22. The molecule has 8 heteroatoms. The maximum absolute atomic E-state index is 12.2. The molecular weight excluding hydrogens is 362 g/mol. The summed E-state index contributed by atoms with van der Waals surface area (Å²) in [5.74, 6) is -0.308. The molecule has 0 bridgehead atoms. The van der Waals surface area contributed by atoms with Crippen molar-refractivity contribution in [1.82, 2.24) is 5.32 Å². The highest BCUT2D eigenvalue weighted by Gasteiger charge is 2.12. The maximum atomic E-state index is 12.2. The van der Waals surface area contributed by atoms with Crippen LogP contribution in [0.15, 0.2) is 48.5 Å². The number of hydrogen-bond acceptors (Lipinski definition) is 4. The Kier molecular flexibility index (Phi) is 6.27. The van der Waals surface area contributed by atoms with Gasteiger partial charge in [-0.15, -0.1) is 0 Å². The van der Waals surface area contributed by atoms with E-state index in [0.717, 1.165) is 11.9 Å². The van der Waals surface area contributed by atoms with Crippen LogP contribution in [0.1, 0.15) is 10.4 Å². The van der Waals surface area contributed by atoms with Gasteiger partial charge < -0.3 is 10.2 Å². The predicted molar refractivity (Wildman–Crippen MR) is 102 cm³/mol. The monoisotopic (exact) mass is 381 g/mol. The number of carbonyl (C=O) groups is 1. The van der Waals surface area contributed by atoms with E-state index in [9.17, 15) is 13.2 Å². The third kappa shape index (κ3) is 5.95. The van der Waals surface area contributed by atoms with Gasteiger partial charge in [-0.3, -0.25) is 9.52 Å². The van der Waals surface area contributed by atoms with Crippen molar-refractivity contribution < 1.29 is 13.2 Å². The van der Waals surface area contributed by atoms with E-state index < -0.39 is 10.0 Å². The Hall–Kier alpha value is -2.25. The molecule has 0 heterocycles. The molecule has 25 heavy (non-hydrogen) atoms. The lowest BCUT2D eigenvalue weighted by molar-refractivity contribution is 0.0955. The van der Waals surface area contributed by atoms with E-state index in [1.807, 2.05) is 42.3 Å². The number of nitrogens with one attached hydrogen (secondary N) is 2. The van der Waals surface area contributed by atoms with E-state index in [2.05, 4.69) is 10.0 Å². The van der Waals surface area contributed by atoms with Crippen LogP contribution in [0, 0.1) is 0 Å². The van der Waals surface area contributed by atoms with Crippen molar-refractivity contribution >= 4 is 38.9 Å². The number of nitrogens with zero attached hydrogens (tertiary/aromatic N) is 1. The summed E-state index contributed by atoms with van der Waals surface area (Å²) in [4.78, 5) is 14.3. The Morgan fingerprint density at radius 3 is 2.44 bits per heavy atom. The van der Waals surface area contributed by atoms with Crippen molar-refractivity contribution in [3.8, 4) is 0 Å². The first-order chi connectivity index (χ1) is 11.8. The van der Waals surface area contributed by atoms with Crippen molar-refractivity contribution in [3.05, 3.63) is 59.1 Å². The van der Waals surface area contributed by atoms with Crippen molar-refractivity contribution in [2.45, 2.75) is 0 Å². The first-order valence-corrected chi connectivity index (χ1v) is 9.85. The van der Waals surface area contributed by atoms with E-state index in [-0.39, 0.29) is 10.9 Å². The van der Waals surface area contributed by atoms with Gasteiger partial charge in [0.1, 0.15) is 0 Å². The number of hydrogen-bond donors (Lipinski definition) is 2. The fraction of sp³-hybridized carbons (Fsp3) is 0.235. The molecule has 6 nitrogen and oxygen atoms in total. The van der Waals surface area contributed by atoms with E-state index in [0.29, 0.717) is 24.3 Å². The number of carbonyl (C=O) groups excluding carboxylic acids is 1. The number of likely N-dealkylation sites (N-methyl/N-ethyl adjacent to an activating group) is 1. The van der Waals surface area contributed by atoms with Crippen LogP contribution in [-0.4, -0.2) is 40.7 Å². The zero-order valence-electron chi connectivity index (χ0n) is 14.0. The van der Waals surface area contributed by atoms with Gasteiger partial charge in [0.05, 0.1) is 16.8 Å². The van der Waals surface area contributed by atoms with E-state index in [4.69, 9.17) is 11.6 Å². The normalized spacial score (nSPS) is 11.0. The summed E-state index contributed by atoms with van der Waals surface area (Å²) >= 11 is 6.08. The summed E-state index contributed by atoms with van der Waals surface area (Å²) in [6.07, 6.45) is 1.05. The molecule has 0 aliphatic carbocycles. The Morgan fingerprint density at radius 2 is 1.84 bits per heavy atom. The fourth-order valence-corrected chi connectivity index (χ4v) is 3.04. The second-order valence-corrected chi connectivity index (χ2v) is 7.74. The molecule has 2 aromatic carbocycles. The van der Waals surface area contributed by atoms with Crippen LogP contribution in [-0.2, 0) is 10.0 Å². The minimum Gasteiger partial charge on any atom is -0.373 e. The standard InChI is InChI=1S/C17H20ClN3O3S/c1-21(14-6-4-3-5-7-14)11-10-19-17(22)15-9-8-13(12-16(15)18)20-25(2,23)24/h3-9,12,20H,10-11H2,1-2H3,(H,19,22). The first-order valence-electron chi connectivity index (χ1n) is 7.58. The van der Waals surface area contributed by atoms with Crippen molar-refractivity contribution in [3.63, 3.8) is 0 Å². The molecule has 1 amide bonds. The topological polar surface area (TPSA) is 78.5 Å². The Morgan fingerprint density at radius 1 is 1.16 bits per heavy atom. The number of anilines is 2. The zero-order chi connectivity index (χ0) is 18.4. The highest BCUT2D eigenvalue weighted by Crippen LogP contribution is 2.21. The number of amides is 1. The second-order valence-electron chi connectivity index (χ2n) is 5.58. The van der Waals surface area contributed by atoms with Crippen LogP contribution in [0.2, 0.25) is 5.02 Å². The molecular formula is C17H20ClN3O3S. The summed E-state index contributed by atoms with van der Waals surface area (Å²) in [6.45, 7) is 1.09. The summed E-state index contributed by atoms with van der Waals surface area (Å²) in [5.41, 5.74) is 1.67. The van der Waals surface area contributed by atoms with Crippen molar-refractivity contribution in [2.24, 2.45) is 0 Å². The van der Waals surface area contributed by atoms with Gasteiger partial charge in [-0.2, -0.15) is 0 Å². The average molecular weight is 382 g/mol. The summed E-state index contributed by atoms with van der Waals surface area (Å²) < 4.78 is 24.7. The molecule has 0 aromatic heterocycles. The maximum Gasteiger partial charge on any atom is 0.252 e. The molecule has 0 saturated carbocycles. The molecule has 0 spiro atoms. The van der Waals surface area contributed by atoms with Gasteiger partial charge in [0.15, 0.2) is 0 Å². The lowest BCUT2D eigenvalue weighted by Crippen LogP contribution is -2.33. The Balaban J connectivity index is 1.92. The highest BCUT2D eigenvalue weighted by molar-refractivity contribution is 7.92. The van der Waals surface area contributed by atoms with Crippen LogP contribution in [0.4, 0.5) is 11.4 Å². The largest absolute Gasteiger partial charge is 0.373 e. The van der Waals surface area contributed by atoms with Gasteiger partial charge in [-0.05, 0) is 30.3 Å². The number of halogens is 1. The molecule has 0 radical (unpaired) electrons. The third-order valence-corrected chi connectivity index (χ3v) is 4.37. The van der Waals surface area contributed by atoms with Gasteiger partial charge in [0, 0.05) is 31.5 Å². The summed E-state index contributed by atoms with van der Waals surface area (Å²) in [7, 11) is -1.45. The summed E-state index contributed by atoms with van der Waals surface area (Å²) in [5, 5.41) is 2.99. The molecule has 0 aliphatic heterocycles. The molecule has 2 rings (SSSR count). The second kappa shape index (κ2) is 8.22. The van der Waals surface area contributed by atoms with Crippen molar-refractivity contribution in [2.75, 3.05) is 36.0 Å². The van der Waals surface area contributed by atoms with E-state index >= 15 is 0 Å². The van der Waals surface area contributed by atoms with Crippen LogP contribution in [0.5, 0.6) is 0 Å². The zero-order valence-corrected chi connectivity index (χ0v) is 15.6. The first kappa shape index (κ1) is 19.1. The van der Waals surface area contributed by atoms with Crippen LogP contribution in [0.25, 0.3) is 0 Å². The van der Waals surface area contributed by atoms with Crippen molar-refractivity contribution in [1.29, 1.82) is 0 Å². The lowest BCUT2D eigenvalue weighted by atomic mass is 10.2. The van der Waals surface area contributed by atoms with Gasteiger partial charge in [-0.1, -0.05) is 29.8 Å². The quantitative estimate of drug-likeness (QED) is 0.772. The minimum absolute atomic E-state index is 0.183. The minimum atomic E-state index is -3.39. The molecule has 0 aliphatic rings. The van der Waals surface area contributed by atoms with Crippen LogP contribution >= 0.6 is 11.6 Å². The molecule has 0 unspecified atom stereocenters. The Bertz CT molecular complexity index is 841. The number of para-hydroxylation sites is 1. The number of rotatable bonds is 7. The molecule has 134 valence electrons. The smallest absolute Gasteiger partial charge is 0.252 e. The van der Waals surface area contributed by atoms with Gasteiger partial charge in [0.2, 0.25) is 10.0 Å². The molecule has 0 saturated heterocycles. The van der Waals surface area contributed by atoms with Gasteiger partial charge in [-0.25, -0.2) is 8.42 Å².